The summed E-state index contributed by atoms with van der Waals surface area (Å²) < 4.78 is 0. The van der Waals surface area contributed by atoms with Crippen LogP contribution in [0.25, 0.3) is 0 Å². The molecule has 1 amide bonds. The fraction of sp³-hybridized carbons (Fsp3) is 0.444. The van der Waals surface area contributed by atoms with Crippen molar-refractivity contribution >= 4 is 17.5 Å². The summed E-state index contributed by atoms with van der Waals surface area (Å²) >= 11 is 0. The van der Waals surface area contributed by atoms with Crippen molar-refractivity contribution in [1.29, 1.82) is 0 Å². The maximum absolute atomic E-state index is 11.9. The highest BCUT2D eigenvalue weighted by Crippen LogP contribution is 2.17. The minimum absolute atomic E-state index is 0.0357. The van der Waals surface area contributed by atoms with Gasteiger partial charge in [-0.3, -0.25) is 9.78 Å². The molecule has 1 atom stereocenters. The number of aromatic nitrogens is 3. The van der Waals surface area contributed by atoms with E-state index in [4.69, 9.17) is 0 Å². The van der Waals surface area contributed by atoms with Gasteiger partial charge in [0, 0.05) is 57.2 Å². The summed E-state index contributed by atoms with van der Waals surface area (Å²) in [6, 6.07) is 7.61. The Morgan fingerprint density at radius 3 is 2.88 bits per heavy atom. The fourth-order valence-electron chi connectivity index (χ4n) is 2.84. The smallest absolute Gasteiger partial charge is 0.241 e. The van der Waals surface area contributed by atoms with Crippen LogP contribution in [0.1, 0.15) is 5.69 Å². The van der Waals surface area contributed by atoms with Crippen LogP contribution in [0.4, 0.5) is 11.6 Å². The van der Waals surface area contributed by atoms with Gasteiger partial charge in [-0.05, 0) is 18.6 Å². The lowest BCUT2D eigenvalue weighted by Crippen LogP contribution is -2.48. The van der Waals surface area contributed by atoms with Gasteiger partial charge in [-0.1, -0.05) is 6.07 Å². The molecule has 8 heteroatoms. The zero-order valence-electron chi connectivity index (χ0n) is 14.9. The molecule has 1 unspecified atom stereocenters. The monoisotopic (exact) mass is 356 g/mol. The number of pyridine rings is 1. The predicted octanol–water partition coefficient (Wildman–Crippen LogP) is 0.413. The molecule has 0 aromatic carbocycles. The van der Waals surface area contributed by atoms with E-state index >= 15 is 0 Å². The number of carbonyl (C=O) groups excluding carboxylic acids is 1. The Morgan fingerprint density at radius 2 is 2.15 bits per heavy atom. The van der Waals surface area contributed by atoms with E-state index in [2.05, 4.69) is 20.3 Å². The zero-order valence-corrected chi connectivity index (χ0v) is 14.9. The molecule has 2 aromatic heterocycles. The SMILES string of the molecule is CN1CCN(c2cc(NCC(CO)Cc3ccccn3)ncn2)CC1=O. The van der Waals surface area contributed by atoms with Crippen molar-refractivity contribution in [3.8, 4) is 0 Å². The highest BCUT2D eigenvalue weighted by atomic mass is 16.3. The van der Waals surface area contributed by atoms with Crippen molar-refractivity contribution < 1.29 is 9.90 Å². The van der Waals surface area contributed by atoms with Crippen LogP contribution in [0.3, 0.4) is 0 Å². The Morgan fingerprint density at radius 1 is 1.27 bits per heavy atom. The molecule has 0 radical (unpaired) electrons. The number of aliphatic hydroxyl groups is 1. The average Bonchev–Trinajstić information content (AvgIpc) is 2.68. The van der Waals surface area contributed by atoms with Crippen LogP contribution < -0.4 is 10.2 Å². The molecule has 0 spiro atoms. The van der Waals surface area contributed by atoms with Crippen molar-refractivity contribution in [1.82, 2.24) is 19.9 Å². The summed E-state index contributed by atoms with van der Waals surface area (Å²) in [7, 11) is 1.81. The molecule has 0 bridgehead atoms. The first kappa shape index (κ1) is 18.1. The van der Waals surface area contributed by atoms with E-state index in [0.29, 0.717) is 31.9 Å². The Bertz CT molecular complexity index is 727. The molecule has 1 aliphatic heterocycles. The number of hydrogen-bond acceptors (Lipinski definition) is 7. The van der Waals surface area contributed by atoms with Crippen LogP contribution in [0.5, 0.6) is 0 Å². The number of nitrogens with one attached hydrogen (secondary N) is 1. The van der Waals surface area contributed by atoms with Crippen molar-refractivity contribution in [2.45, 2.75) is 6.42 Å². The third kappa shape index (κ3) is 4.66. The van der Waals surface area contributed by atoms with Crippen molar-refractivity contribution in [3.63, 3.8) is 0 Å². The van der Waals surface area contributed by atoms with Crippen LogP contribution in [-0.2, 0) is 11.2 Å². The van der Waals surface area contributed by atoms with Crippen LogP contribution in [0.15, 0.2) is 36.8 Å². The van der Waals surface area contributed by atoms with Crippen LogP contribution >= 0.6 is 0 Å². The molecule has 0 aliphatic carbocycles. The van der Waals surface area contributed by atoms with Crippen molar-refractivity contribution in [2.24, 2.45) is 5.92 Å². The molecule has 138 valence electrons. The molecule has 3 rings (SSSR count). The second-order valence-corrected chi connectivity index (χ2v) is 6.45. The van der Waals surface area contributed by atoms with Gasteiger partial charge in [0.25, 0.3) is 0 Å². The van der Waals surface area contributed by atoms with Gasteiger partial charge in [0.1, 0.15) is 18.0 Å². The normalized spacial score (nSPS) is 15.8. The molecule has 8 nitrogen and oxygen atoms in total. The van der Waals surface area contributed by atoms with Gasteiger partial charge in [0.05, 0.1) is 6.54 Å². The van der Waals surface area contributed by atoms with Gasteiger partial charge in [-0.15, -0.1) is 0 Å². The Kier molecular flexibility index (Phi) is 5.96. The highest BCUT2D eigenvalue weighted by molar-refractivity contribution is 5.82. The summed E-state index contributed by atoms with van der Waals surface area (Å²) in [5, 5.41) is 12.9. The minimum atomic E-state index is 0.0357. The van der Waals surface area contributed by atoms with E-state index in [1.54, 1.807) is 11.1 Å². The number of aliphatic hydroxyl groups excluding tert-OH is 1. The average molecular weight is 356 g/mol. The number of piperazine rings is 1. The van der Waals surface area contributed by atoms with Crippen molar-refractivity contribution in [2.75, 3.05) is 50.1 Å². The number of hydrogen-bond donors (Lipinski definition) is 2. The Labute approximate surface area is 152 Å². The van der Waals surface area contributed by atoms with Gasteiger partial charge >= 0.3 is 0 Å². The molecule has 0 saturated carbocycles. The van der Waals surface area contributed by atoms with Crippen molar-refractivity contribution in [3.05, 3.63) is 42.5 Å². The predicted molar refractivity (Wildman–Crippen MR) is 98.9 cm³/mol. The topological polar surface area (TPSA) is 94.5 Å². The number of anilines is 2. The van der Waals surface area contributed by atoms with E-state index < -0.39 is 0 Å². The molecule has 26 heavy (non-hydrogen) atoms. The second kappa shape index (κ2) is 8.57. The summed E-state index contributed by atoms with van der Waals surface area (Å²) in [5.41, 5.74) is 0.952. The van der Waals surface area contributed by atoms with E-state index in [-0.39, 0.29) is 18.4 Å². The van der Waals surface area contributed by atoms with E-state index in [1.807, 2.05) is 36.2 Å². The van der Waals surface area contributed by atoms with Gasteiger partial charge in [-0.2, -0.15) is 0 Å². The third-order valence-electron chi connectivity index (χ3n) is 4.49. The maximum Gasteiger partial charge on any atom is 0.241 e. The lowest BCUT2D eigenvalue weighted by Gasteiger charge is -2.32. The molecule has 1 fully saturated rings. The molecular formula is C18H24N6O2. The molecule has 3 heterocycles. The minimum Gasteiger partial charge on any atom is -0.396 e. The number of likely N-dealkylation sites (N-methyl/N-ethyl adjacent to an activating group) is 1. The second-order valence-electron chi connectivity index (χ2n) is 6.45. The summed E-state index contributed by atoms with van der Waals surface area (Å²) in [6.45, 7) is 2.39. The maximum atomic E-state index is 11.9. The molecular weight excluding hydrogens is 332 g/mol. The van der Waals surface area contributed by atoms with E-state index in [9.17, 15) is 9.90 Å². The quantitative estimate of drug-likeness (QED) is 0.742. The number of carbonyl (C=O) groups is 1. The Balaban J connectivity index is 1.58. The van der Waals surface area contributed by atoms with E-state index in [1.165, 1.54) is 6.33 Å². The number of amides is 1. The first-order chi connectivity index (χ1) is 12.7. The summed E-state index contributed by atoms with van der Waals surface area (Å²) in [4.78, 5) is 28.4. The summed E-state index contributed by atoms with van der Waals surface area (Å²) in [5.74, 6) is 1.53. The molecule has 2 aromatic rings. The molecule has 1 saturated heterocycles. The Hall–Kier alpha value is -2.74. The van der Waals surface area contributed by atoms with Crippen LogP contribution in [0.2, 0.25) is 0 Å². The first-order valence-electron chi connectivity index (χ1n) is 8.71. The zero-order chi connectivity index (χ0) is 18.4. The first-order valence-corrected chi connectivity index (χ1v) is 8.71. The standard InChI is InChI=1S/C18H24N6O2/c1-23-6-7-24(11-18(23)26)17-9-16(21-13-22-17)20-10-14(12-25)8-15-4-2-3-5-19-15/h2-5,9,13-14,25H,6-8,10-12H2,1H3,(H,20,21,22). The van der Waals surface area contributed by atoms with E-state index in [0.717, 1.165) is 18.1 Å². The largest absolute Gasteiger partial charge is 0.396 e. The van der Waals surface area contributed by atoms with Crippen LogP contribution in [-0.4, -0.2) is 70.7 Å². The van der Waals surface area contributed by atoms with Gasteiger partial charge < -0.3 is 20.2 Å². The fourth-order valence-corrected chi connectivity index (χ4v) is 2.84. The van der Waals surface area contributed by atoms with Gasteiger partial charge in [0.2, 0.25) is 5.91 Å². The third-order valence-corrected chi connectivity index (χ3v) is 4.49. The van der Waals surface area contributed by atoms with Crippen LogP contribution in [0, 0.1) is 5.92 Å². The number of nitrogens with zero attached hydrogens (tertiary/aromatic N) is 5. The van der Waals surface area contributed by atoms with Gasteiger partial charge in [-0.25, -0.2) is 9.97 Å². The summed E-state index contributed by atoms with van der Waals surface area (Å²) in [6.07, 6.45) is 3.94. The molecule has 2 N–H and O–H groups in total. The number of rotatable bonds is 7. The lowest BCUT2D eigenvalue weighted by atomic mass is 10.0. The highest BCUT2D eigenvalue weighted by Gasteiger charge is 2.22. The van der Waals surface area contributed by atoms with Gasteiger partial charge in [0.15, 0.2) is 0 Å². The molecule has 1 aliphatic rings. The lowest BCUT2D eigenvalue weighted by molar-refractivity contribution is -0.129.